The molecule has 36 heavy (non-hydrogen) atoms. The van der Waals surface area contributed by atoms with E-state index >= 15 is 0 Å². The number of nitrogens with zero attached hydrogens (tertiary/aromatic N) is 2. The van der Waals surface area contributed by atoms with E-state index in [0.29, 0.717) is 13.1 Å². The third-order valence-corrected chi connectivity index (χ3v) is 6.33. The Morgan fingerprint density at radius 1 is 0.861 bits per heavy atom. The number of hydrogen-bond acceptors (Lipinski definition) is 6. The van der Waals surface area contributed by atoms with Gasteiger partial charge in [0.05, 0.1) is 14.2 Å². The molecular weight excluding hydrogens is 454 g/mol. The minimum absolute atomic E-state index is 0.138. The first-order valence-electron chi connectivity index (χ1n) is 12.3. The third-order valence-electron chi connectivity index (χ3n) is 6.33. The summed E-state index contributed by atoms with van der Waals surface area (Å²) in [4.78, 5) is 17.0. The van der Waals surface area contributed by atoms with Crippen molar-refractivity contribution in [3.05, 3.63) is 95.6 Å². The van der Waals surface area contributed by atoms with Crippen LogP contribution in [0.2, 0.25) is 0 Å². The first-order valence-corrected chi connectivity index (χ1v) is 12.3. The Labute approximate surface area is 213 Å². The highest BCUT2D eigenvalue weighted by Gasteiger charge is 2.26. The second-order valence-electron chi connectivity index (χ2n) is 9.00. The highest BCUT2D eigenvalue weighted by Crippen LogP contribution is 2.18. The second kappa shape index (κ2) is 13.0. The van der Waals surface area contributed by atoms with Gasteiger partial charge < -0.3 is 24.4 Å². The summed E-state index contributed by atoms with van der Waals surface area (Å²) in [6.45, 7) is 4.63. The lowest BCUT2D eigenvalue weighted by atomic mass is 10.1. The van der Waals surface area contributed by atoms with Gasteiger partial charge in [-0.25, -0.2) is 4.79 Å². The molecule has 0 saturated carbocycles. The molecule has 1 N–H and O–H groups in total. The predicted octanol–water partition coefficient (Wildman–Crippen LogP) is 4.32. The molecule has 1 unspecified atom stereocenters. The van der Waals surface area contributed by atoms with Gasteiger partial charge in [-0.2, -0.15) is 0 Å². The van der Waals surface area contributed by atoms with Crippen molar-refractivity contribution >= 4 is 6.09 Å². The summed E-state index contributed by atoms with van der Waals surface area (Å²) in [5, 5.41) is 3.59. The number of carbonyl (C=O) groups excluding carboxylic acids is 1. The summed E-state index contributed by atoms with van der Waals surface area (Å²) >= 11 is 0. The molecule has 1 fully saturated rings. The first-order chi connectivity index (χ1) is 17.6. The Bertz CT molecular complexity index is 1020. The lowest BCUT2D eigenvalue weighted by Gasteiger charge is -2.36. The van der Waals surface area contributed by atoms with Crippen molar-refractivity contribution in [1.82, 2.24) is 15.1 Å². The molecule has 1 aliphatic heterocycles. The molecule has 7 heteroatoms. The van der Waals surface area contributed by atoms with Gasteiger partial charge in [-0.05, 0) is 41.0 Å². The zero-order chi connectivity index (χ0) is 25.2. The van der Waals surface area contributed by atoms with E-state index in [0.717, 1.165) is 43.2 Å². The quantitative estimate of drug-likeness (QED) is 0.458. The van der Waals surface area contributed by atoms with Gasteiger partial charge in [0.1, 0.15) is 18.1 Å². The van der Waals surface area contributed by atoms with Crippen LogP contribution in [0.15, 0.2) is 78.9 Å². The van der Waals surface area contributed by atoms with Crippen molar-refractivity contribution in [2.24, 2.45) is 0 Å². The van der Waals surface area contributed by atoms with Crippen molar-refractivity contribution in [3.8, 4) is 11.5 Å². The molecule has 0 radical (unpaired) electrons. The number of methoxy groups -OCH3 is 2. The van der Waals surface area contributed by atoms with Crippen molar-refractivity contribution in [3.63, 3.8) is 0 Å². The molecule has 0 aliphatic carbocycles. The van der Waals surface area contributed by atoms with Crippen molar-refractivity contribution < 1.29 is 19.0 Å². The van der Waals surface area contributed by atoms with Crippen molar-refractivity contribution in [2.45, 2.75) is 25.7 Å². The molecular formula is C29H35N3O4. The molecule has 4 rings (SSSR count). The lowest BCUT2D eigenvalue weighted by molar-refractivity contribution is 0.0793. The van der Waals surface area contributed by atoms with E-state index in [-0.39, 0.29) is 18.7 Å². The summed E-state index contributed by atoms with van der Waals surface area (Å²) < 4.78 is 16.2. The maximum absolute atomic E-state index is 12.7. The van der Waals surface area contributed by atoms with Crippen LogP contribution in [0, 0.1) is 0 Å². The lowest BCUT2D eigenvalue weighted by Crippen LogP contribution is -2.56. The van der Waals surface area contributed by atoms with Crippen LogP contribution in [0.4, 0.5) is 4.79 Å². The largest absolute Gasteiger partial charge is 0.497 e. The number of piperazine rings is 1. The van der Waals surface area contributed by atoms with E-state index in [1.807, 2.05) is 59.5 Å². The van der Waals surface area contributed by atoms with E-state index in [4.69, 9.17) is 14.2 Å². The molecule has 0 spiro atoms. The van der Waals surface area contributed by atoms with Crippen LogP contribution < -0.4 is 14.8 Å². The fourth-order valence-electron chi connectivity index (χ4n) is 4.40. The number of benzene rings is 3. The molecule has 190 valence electrons. The maximum atomic E-state index is 12.7. The second-order valence-corrected chi connectivity index (χ2v) is 9.00. The van der Waals surface area contributed by atoms with E-state index in [2.05, 4.69) is 34.5 Å². The minimum atomic E-state index is -0.262. The molecule has 1 heterocycles. The Balaban J connectivity index is 1.39. The molecule has 1 saturated heterocycles. The van der Waals surface area contributed by atoms with E-state index in [9.17, 15) is 4.79 Å². The highest BCUT2D eigenvalue weighted by atomic mass is 16.6. The summed E-state index contributed by atoms with van der Waals surface area (Å²) in [7, 11) is 3.35. The van der Waals surface area contributed by atoms with Crippen molar-refractivity contribution in [1.29, 1.82) is 0 Å². The Hall–Kier alpha value is -3.55. The Kier molecular flexibility index (Phi) is 9.19. The number of nitrogens with one attached hydrogen (secondary N) is 1. The zero-order valence-electron chi connectivity index (χ0n) is 21.1. The van der Waals surface area contributed by atoms with Gasteiger partial charge in [0, 0.05) is 45.3 Å². The molecule has 0 bridgehead atoms. The van der Waals surface area contributed by atoms with Gasteiger partial charge in [-0.15, -0.1) is 0 Å². The Morgan fingerprint density at radius 2 is 1.44 bits per heavy atom. The van der Waals surface area contributed by atoms with Gasteiger partial charge in [-0.3, -0.25) is 4.90 Å². The smallest absolute Gasteiger partial charge is 0.410 e. The van der Waals surface area contributed by atoms with Crippen LogP contribution in [0.3, 0.4) is 0 Å². The number of rotatable bonds is 10. The van der Waals surface area contributed by atoms with Crippen LogP contribution >= 0.6 is 0 Å². The molecule has 3 aromatic rings. The maximum Gasteiger partial charge on any atom is 0.410 e. The number of carbonyl (C=O) groups is 1. The zero-order valence-corrected chi connectivity index (χ0v) is 21.1. The standard InChI is InChI=1S/C29H35N3O4/c1-34-27-12-8-23(9-13-27)18-31(19-24-10-14-28(35-2)15-11-24)20-26-21-32(17-16-30-26)29(33)36-22-25-6-4-3-5-7-25/h3-15,26,30H,16-22H2,1-2H3. The fraction of sp³-hybridized carbons (Fsp3) is 0.345. The van der Waals surface area contributed by atoms with Gasteiger partial charge >= 0.3 is 6.09 Å². The average Bonchev–Trinajstić information content (AvgIpc) is 2.93. The summed E-state index contributed by atoms with van der Waals surface area (Å²) in [5.41, 5.74) is 3.40. The molecule has 3 aromatic carbocycles. The monoisotopic (exact) mass is 489 g/mol. The third kappa shape index (κ3) is 7.47. The summed E-state index contributed by atoms with van der Waals surface area (Å²) in [6, 6.07) is 26.3. The van der Waals surface area contributed by atoms with E-state index < -0.39 is 0 Å². The molecule has 0 aromatic heterocycles. The van der Waals surface area contributed by atoms with Crippen LogP contribution in [0.1, 0.15) is 16.7 Å². The first kappa shape index (κ1) is 25.5. The minimum Gasteiger partial charge on any atom is -0.497 e. The molecule has 1 amide bonds. The van der Waals surface area contributed by atoms with Crippen LogP contribution in [-0.2, 0) is 24.4 Å². The van der Waals surface area contributed by atoms with Crippen LogP contribution in [-0.4, -0.2) is 62.3 Å². The number of amides is 1. The van der Waals surface area contributed by atoms with Crippen molar-refractivity contribution in [2.75, 3.05) is 40.4 Å². The fourth-order valence-corrected chi connectivity index (χ4v) is 4.40. The molecule has 7 nitrogen and oxygen atoms in total. The SMILES string of the molecule is COc1ccc(CN(Cc2ccc(OC)cc2)CC2CN(C(=O)OCc3ccccc3)CCN2)cc1. The number of ether oxygens (including phenoxy) is 3. The highest BCUT2D eigenvalue weighted by molar-refractivity contribution is 5.67. The van der Waals surface area contributed by atoms with Gasteiger partial charge in [0.15, 0.2) is 0 Å². The Morgan fingerprint density at radius 3 is 2.00 bits per heavy atom. The van der Waals surface area contributed by atoms with Gasteiger partial charge in [0.2, 0.25) is 0 Å². The van der Waals surface area contributed by atoms with E-state index in [1.165, 1.54) is 11.1 Å². The summed E-state index contributed by atoms with van der Waals surface area (Å²) in [5.74, 6) is 1.69. The predicted molar refractivity (Wildman–Crippen MR) is 140 cm³/mol. The molecule has 1 atom stereocenters. The molecule has 1 aliphatic rings. The summed E-state index contributed by atoms with van der Waals surface area (Å²) in [6.07, 6.45) is -0.262. The van der Waals surface area contributed by atoms with Crippen LogP contribution in [0.5, 0.6) is 11.5 Å². The van der Waals surface area contributed by atoms with Crippen LogP contribution in [0.25, 0.3) is 0 Å². The van der Waals surface area contributed by atoms with Gasteiger partial charge in [0.25, 0.3) is 0 Å². The van der Waals surface area contributed by atoms with E-state index in [1.54, 1.807) is 14.2 Å². The average molecular weight is 490 g/mol. The van der Waals surface area contributed by atoms with Gasteiger partial charge in [-0.1, -0.05) is 54.6 Å². The topological polar surface area (TPSA) is 63.3 Å². The number of hydrogen-bond donors (Lipinski definition) is 1. The normalized spacial score (nSPS) is 15.5.